The smallest absolute Gasteiger partial charge is 0.230 e. The molecule has 0 spiro atoms. The fourth-order valence-electron chi connectivity index (χ4n) is 4.71. The summed E-state index contributed by atoms with van der Waals surface area (Å²) < 4.78 is 1.81. The number of hydrogen-bond acceptors (Lipinski definition) is 5. The van der Waals surface area contributed by atoms with Crippen LogP contribution in [0.25, 0.3) is 5.82 Å². The number of aryl methyl sites for hydroxylation is 2. The van der Waals surface area contributed by atoms with Crippen molar-refractivity contribution in [1.29, 1.82) is 0 Å². The van der Waals surface area contributed by atoms with Gasteiger partial charge in [0.05, 0.1) is 12.2 Å². The van der Waals surface area contributed by atoms with Crippen LogP contribution >= 0.6 is 0 Å². The van der Waals surface area contributed by atoms with E-state index in [0.29, 0.717) is 12.4 Å². The molecule has 2 aromatic heterocycles. The van der Waals surface area contributed by atoms with Crippen molar-refractivity contribution in [1.82, 2.24) is 20.0 Å². The van der Waals surface area contributed by atoms with Crippen LogP contribution in [0.5, 0.6) is 0 Å². The molecule has 0 atom stereocenters. The summed E-state index contributed by atoms with van der Waals surface area (Å²) in [6.07, 6.45) is 1.58. The summed E-state index contributed by atoms with van der Waals surface area (Å²) in [7, 11) is 0. The van der Waals surface area contributed by atoms with Crippen molar-refractivity contribution in [2.24, 2.45) is 5.92 Å². The fourth-order valence-corrected chi connectivity index (χ4v) is 4.71. The van der Waals surface area contributed by atoms with Gasteiger partial charge in [-0.2, -0.15) is 5.10 Å². The molecule has 7 heteroatoms. The fraction of sp³-hybridized carbons (Fsp3) is 0.286. The first kappa shape index (κ1) is 22.8. The van der Waals surface area contributed by atoms with E-state index in [1.54, 1.807) is 0 Å². The third-order valence-electron chi connectivity index (χ3n) is 6.55. The van der Waals surface area contributed by atoms with E-state index in [-0.39, 0.29) is 11.8 Å². The minimum absolute atomic E-state index is 0.0166. The highest BCUT2D eigenvalue weighted by Gasteiger charge is 2.30. The summed E-state index contributed by atoms with van der Waals surface area (Å²) in [5, 5.41) is 13.3. The Morgan fingerprint density at radius 3 is 2.11 bits per heavy atom. The maximum atomic E-state index is 13.7. The van der Waals surface area contributed by atoms with Crippen molar-refractivity contribution in [3.05, 3.63) is 95.8 Å². The van der Waals surface area contributed by atoms with Gasteiger partial charge in [0.2, 0.25) is 5.91 Å². The molecule has 0 aliphatic carbocycles. The molecule has 0 bridgehead atoms. The van der Waals surface area contributed by atoms with Gasteiger partial charge in [-0.05, 0) is 62.6 Å². The Morgan fingerprint density at radius 2 is 1.51 bits per heavy atom. The van der Waals surface area contributed by atoms with E-state index in [9.17, 15) is 4.79 Å². The van der Waals surface area contributed by atoms with Gasteiger partial charge >= 0.3 is 0 Å². The molecule has 178 valence electrons. The number of aromatic nitrogens is 4. The molecule has 1 saturated heterocycles. The van der Waals surface area contributed by atoms with Crippen LogP contribution in [0.3, 0.4) is 0 Å². The first-order chi connectivity index (χ1) is 17.1. The number of hydrogen-bond donors (Lipinski definition) is 0. The summed E-state index contributed by atoms with van der Waals surface area (Å²) in [4.78, 5) is 17.8. The summed E-state index contributed by atoms with van der Waals surface area (Å²) in [6.45, 7) is 6.10. The SMILES string of the molecule is Cc1cc(C)n(-c2ccc(N3CCC(C(=O)N(Cc4ccccc4)c4ccccc4)CC3)nn2)n1. The van der Waals surface area contributed by atoms with Gasteiger partial charge in [-0.1, -0.05) is 48.5 Å². The molecule has 0 N–H and O–H groups in total. The van der Waals surface area contributed by atoms with Gasteiger partial charge in [-0.3, -0.25) is 4.79 Å². The number of carbonyl (C=O) groups is 1. The maximum absolute atomic E-state index is 13.7. The molecular weight excluding hydrogens is 436 g/mol. The van der Waals surface area contributed by atoms with Crippen LogP contribution in [0.4, 0.5) is 11.5 Å². The lowest BCUT2D eigenvalue weighted by molar-refractivity contribution is -0.123. The van der Waals surface area contributed by atoms with Gasteiger partial charge in [0.25, 0.3) is 0 Å². The second-order valence-electron chi connectivity index (χ2n) is 9.10. The van der Waals surface area contributed by atoms with Crippen LogP contribution in [0.15, 0.2) is 78.9 Å². The summed E-state index contributed by atoms with van der Waals surface area (Å²) >= 11 is 0. The Hall–Kier alpha value is -4.00. The van der Waals surface area contributed by atoms with Crippen molar-refractivity contribution in [2.45, 2.75) is 33.2 Å². The third kappa shape index (κ3) is 5.09. The zero-order chi connectivity index (χ0) is 24.2. The molecule has 1 aliphatic rings. The lowest BCUT2D eigenvalue weighted by Crippen LogP contribution is -2.42. The van der Waals surface area contributed by atoms with Gasteiger partial charge in [0.15, 0.2) is 11.6 Å². The minimum atomic E-state index is -0.0166. The Labute approximate surface area is 206 Å². The van der Waals surface area contributed by atoms with Gasteiger partial charge < -0.3 is 9.80 Å². The average Bonchev–Trinajstić information content (AvgIpc) is 3.26. The van der Waals surface area contributed by atoms with Crippen molar-refractivity contribution < 1.29 is 4.79 Å². The molecule has 7 nitrogen and oxygen atoms in total. The van der Waals surface area contributed by atoms with Gasteiger partial charge in [-0.15, -0.1) is 10.2 Å². The van der Waals surface area contributed by atoms with E-state index in [2.05, 4.69) is 32.3 Å². The standard InChI is InChI=1S/C28H30N6O/c1-21-19-22(2)34(31-21)27-14-13-26(29-30-27)32-17-15-24(16-18-32)28(35)33(25-11-7-4-8-12-25)20-23-9-5-3-6-10-23/h3-14,19,24H,15-18,20H2,1-2H3. The molecule has 5 rings (SSSR count). The molecule has 2 aromatic carbocycles. The molecular formula is C28H30N6O. The normalized spacial score (nSPS) is 14.2. The molecule has 4 aromatic rings. The molecule has 0 unspecified atom stereocenters. The number of benzene rings is 2. The first-order valence-corrected chi connectivity index (χ1v) is 12.1. The highest BCUT2D eigenvalue weighted by atomic mass is 16.2. The number of rotatable bonds is 6. The number of anilines is 2. The highest BCUT2D eigenvalue weighted by molar-refractivity contribution is 5.95. The average molecular weight is 467 g/mol. The summed E-state index contributed by atoms with van der Waals surface area (Å²) in [5.74, 6) is 1.72. The van der Waals surface area contributed by atoms with E-state index in [4.69, 9.17) is 0 Å². The lowest BCUT2D eigenvalue weighted by atomic mass is 9.94. The third-order valence-corrected chi connectivity index (χ3v) is 6.55. The van der Waals surface area contributed by atoms with Gasteiger partial charge in [-0.25, -0.2) is 4.68 Å². The molecule has 35 heavy (non-hydrogen) atoms. The first-order valence-electron chi connectivity index (χ1n) is 12.1. The number of nitrogens with zero attached hydrogens (tertiary/aromatic N) is 6. The van der Waals surface area contributed by atoms with E-state index in [1.807, 2.05) is 90.2 Å². The van der Waals surface area contributed by atoms with Crippen molar-refractivity contribution >= 4 is 17.4 Å². The van der Waals surface area contributed by atoms with Crippen molar-refractivity contribution in [2.75, 3.05) is 22.9 Å². The highest BCUT2D eigenvalue weighted by Crippen LogP contribution is 2.27. The van der Waals surface area contributed by atoms with Crippen LogP contribution in [-0.2, 0) is 11.3 Å². The largest absolute Gasteiger partial charge is 0.355 e. The molecule has 1 fully saturated rings. The number of piperidine rings is 1. The predicted octanol–water partition coefficient (Wildman–Crippen LogP) is 4.73. The van der Waals surface area contributed by atoms with Crippen LogP contribution in [-0.4, -0.2) is 39.0 Å². The quantitative estimate of drug-likeness (QED) is 0.411. The molecule has 0 radical (unpaired) electrons. The Kier molecular flexibility index (Phi) is 6.57. The number of para-hydroxylation sites is 1. The van der Waals surface area contributed by atoms with Crippen LogP contribution in [0.2, 0.25) is 0 Å². The molecule has 1 aliphatic heterocycles. The maximum Gasteiger partial charge on any atom is 0.230 e. The van der Waals surface area contributed by atoms with E-state index in [1.165, 1.54) is 0 Å². The Balaban J connectivity index is 1.26. The van der Waals surface area contributed by atoms with Crippen LogP contribution in [0.1, 0.15) is 29.8 Å². The molecule has 0 saturated carbocycles. The van der Waals surface area contributed by atoms with Crippen LogP contribution < -0.4 is 9.80 Å². The number of carbonyl (C=O) groups excluding carboxylic acids is 1. The predicted molar refractivity (Wildman–Crippen MR) is 138 cm³/mol. The van der Waals surface area contributed by atoms with Gasteiger partial charge in [0, 0.05) is 30.4 Å². The second-order valence-corrected chi connectivity index (χ2v) is 9.10. The van der Waals surface area contributed by atoms with E-state index >= 15 is 0 Å². The zero-order valence-electron chi connectivity index (χ0n) is 20.2. The minimum Gasteiger partial charge on any atom is -0.355 e. The monoisotopic (exact) mass is 466 g/mol. The van der Waals surface area contributed by atoms with E-state index < -0.39 is 0 Å². The van der Waals surface area contributed by atoms with Gasteiger partial charge in [0.1, 0.15) is 0 Å². The lowest BCUT2D eigenvalue weighted by Gasteiger charge is -2.34. The Morgan fingerprint density at radius 1 is 0.886 bits per heavy atom. The van der Waals surface area contributed by atoms with Crippen molar-refractivity contribution in [3.63, 3.8) is 0 Å². The summed E-state index contributed by atoms with van der Waals surface area (Å²) in [6, 6.07) is 26.1. The molecule has 1 amide bonds. The topological polar surface area (TPSA) is 67.2 Å². The Bertz CT molecular complexity index is 1260. The number of amides is 1. The zero-order valence-corrected chi connectivity index (χ0v) is 20.2. The van der Waals surface area contributed by atoms with Crippen molar-refractivity contribution in [3.8, 4) is 5.82 Å². The molecule has 3 heterocycles. The van der Waals surface area contributed by atoms with Crippen LogP contribution in [0, 0.1) is 19.8 Å². The second kappa shape index (κ2) is 10.1. The van der Waals surface area contributed by atoms with E-state index in [0.717, 1.165) is 54.4 Å². The summed E-state index contributed by atoms with van der Waals surface area (Å²) in [5.41, 5.74) is 4.05.